The van der Waals surface area contributed by atoms with Crippen molar-refractivity contribution in [2.24, 2.45) is 4.99 Å². The van der Waals surface area contributed by atoms with Crippen LogP contribution in [0.15, 0.2) is 65.7 Å². The molecule has 0 bridgehead atoms. The first-order chi connectivity index (χ1) is 9.84. The van der Waals surface area contributed by atoms with Crippen LogP contribution in [0.25, 0.3) is 0 Å². The van der Waals surface area contributed by atoms with Gasteiger partial charge in [-0.1, -0.05) is 60.7 Å². The second kappa shape index (κ2) is 6.02. The van der Waals surface area contributed by atoms with Crippen LogP contribution in [0, 0.1) is 0 Å². The summed E-state index contributed by atoms with van der Waals surface area (Å²) < 4.78 is 0. The molecular weight excluding hydrogens is 246 g/mol. The van der Waals surface area contributed by atoms with E-state index in [2.05, 4.69) is 24.3 Å². The maximum absolute atomic E-state index is 10.0. The first kappa shape index (κ1) is 13.1. The summed E-state index contributed by atoms with van der Waals surface area (Å²) in [6, 6.07) is 20.5. The number of rotatable bonds is 3. The maximum atomic E-state index is 10.0. The molecule has 0 aromatic heterocycles. The van der Waals surface area contributed by atoms with Gasteiger partial charge in [-0.2, -0.15) is 0 Å². The van der Waals surface area contributed by atoms with E-state index in [1.54, 1.807) is 0 Å². The quantitative estimate of drug-likeness (QED) is 0.847. The van der Waals surface area contributed by atoms with Crippen LogP contribution in [0.1, 0.15) is 30.4 Å². The monoisotopic (exact) mass is 265 g/mol. The molecule has 0 amide bonds. The molecule has 1 aliphatic carbocycles. The first-order valence-corrected chi connectivity index (χ1v) is 7.21. The number of hydrogen-bond donors (Lipinski definition) is 1. The minimum absolute atomic E-state index is 0.0328. The summed E-state index contributed by atoms with van der Waals surface area (Å²) in [5.41, 5.74) is 3.20. The van der Waals surface area contributed by atoms with Crippen molar-refractivity contribution >= 4 is 5.71 Å². The SMILES string of the molecule is OC1CCCC1N=C(c1ccccc1)c1ccccc1. The molecule has 20 heavy (non-hydrogen) atoms. The summed E-state index contributed by atoms with van der Waals surface area (Å²) >= 11 is 0. The molecule has 2 heteroatoms. The molecule has 2 nitrogen and oxygen atoms in total. The van der Waals surface area contributed by atoms with Gasteiger partial charge in [0, 0.05) is 11.1 Å². The van der Waals surface area contributed by atoms with Gasteiger partial charge in [0.15, 0.2) is 0 Å². The van der Waals surface area contributed by atoms with Gasteiger partial charge in [0.2, 0.25) is 0 Å². The smallest absolute Gasteiger partial charge is 0.0766 e. The lowest BCUT2D eigenvalue weighted by Gasteiger charge is -2.14. The molecule has 2 aromatic carbocycles. The van der Waals surface area contributed by atoms with E-state index in [9.17, 15) is 5.11 Å². The van der Waals surface area contributed by atoms with E-state index in [1.807, 2.05) is 36.4 Å². The van der Waals surface area contributed by atoms with Crippen LogP contribution >= 0.6 is 0 Å². The molecular formula is C18H19NO. The number of aliphatic hydroxyl groups excluding tert-OH is 1. The molecule has 0 saturated heterocycles. The van der Waals surface area contributed by atoms with Crippen molar-refractivity contribution in [3.63, 3.8) is 0 Å². The number of hydrogen-bond acceptors (Lipinski definition) is 2. The summed E-state index contributed by atoms with van der Waals surface area (Å²) in [5, 5.41) is 10.0. The lowest BCUT2D eigenvalue weighted by atomic mass is 10.0. The van der Waals surface area contributed by atoms with Crippen molar-refractivity contribution in [2.45, 2.75) is 31.4 Å². The highest BCUT2D eigenvalue weighted by molar-refractivity contribution is 6.12. The first-order valence-electron chi connectivity index (χ1n) is 7.21. The van der Waals surface area contributed by atoms with Crippen LogP contribution < -0.4 is 0 Å². The molecule has 2 unspecified atom stereocenters. The highest BCUT2D eigenvalue weighted by Gasteiger charge is 2.25. The second-order valence-corrected chi connectivity index (χ2v) is 5.28. The minimum atomic E-state index is -0.294. The Bertz CT molecular complexity index is 535. The fourth-order valence-corrected chi connectivity index (χ4v) is 2.75. The zero-order valence-electron chi connectivity index (χ0n) is 11.4. The van der Waals surface area contributed by atoms with Gasteiger partial charge in [0.25, 0.3) is 0 Å². The number of benzene rings is 2. The highest BCUT2D eigenvalue weighted by Crippen LogP contribution is 2.24. The van der Waals surface area contributed by atoms with Gasteiger partial charge in [-0.05, 0) is 19.3 Å². The van der Waals surface area contributed by atoms with Crippen LogP contribution in [0.5, 0.6) is 0 Å². The molecule has 0 radical (unpaired) electrons. The highest BCUT2D eigenvalue weighted by atomic mass is 16.3. The van der Waals surface area contributed by atoms with Gasteiger partial charge in [0.1, 0.15) is 0 Å². The van der Waals surface area contributed by atoms with Crippen LogP contribution in [0.2, 0.25) is 0 Å². The van der Waals surface area contributed by atoms with Gasteiger partial charge in [-0.15, -0.1) is 0 Å². The normalized spacial score (nSPS) is 21.6. The van der Waals surface area contributed by atoms with Gasteiger partial charge >= 0.3 is 0 Å². The molecule has 1 saturated carbocycles. The third-order valence-electron chi connectivity index (χ3n) is 3.83. The van der Waals surface area contributed by atoms with Crippen molar-refractivity contribution in [1.29, 1.82) is 0 Å². The molecule has 0 aliphatic heterocycles. The number of aliphatic imine (C=N–C) groups is 1. The Labute approximate surface area is 119 Å². The third kappa shape index (κ3) is 2.81. The van der Waals surface area contributed by atoms with Crippen LogP contribution in [0.4, 0.5) is 0 Å². The minimum Gasteiger partial charge on any atom is -0.391 e. The largest absolute Gasteiger partial charge is 0.391 e. The van der Waals surface area contributed by atoms with Gasteiger partial charge < -0.3 is 5.11 Å². The molecule has 0 heterocycles. The summed E-state index contributed by atoms with van der Waals surface area (Å²) in [5.74, 6) is 0. The topological polar surface area (TPSA) is 32.6 Å². The summed E-state index contributed by atoms with van der Waals surface area (Å²) in [6.45, 7) is 0. The van der Waals surface area contributed by atoms with Gasteiger partial charge in [-0.25, -0.2) is 0 Å². The average molecular weight is 265 g/mol. The third-order valence-corrected chi connectivity index (χ3v) is 3.83. The summed E-state index contributed by atoms with van der Waals surface area (Å²) in [4.78, 5) is 4.86. The van der Waals surface area contributed by atoms with Crippen molar-refractivity contribution in [2.75, 3.05) is 0 Å². The van der Waals surface area contributed by atoms with Crippen molar-refractivity contribution in [3.8, 4) is 0 Å². The van der Waals surface area contributed by atoms with E-state index < -0.39 is 0 Å². The number of aliphatic hydroxyl groups is 1. The summed E-state index contributed by atoms with van der Waals surface area (Å²) in [6.07, 6.45) is 2.61. The van der Waals surface area contributed by atoms with Gasteiger partial charge in [0.05, 0.1) is 17.9 Å². The van der Waals surface area contributed by atoms with Crippen LogP contribution in [-0.2, 0) is 0 Å². The molecule has 102 valence electrons. The predicted molar refractivity (Wildman–Crippen MR) is 82.2 cm³/mol. The Morgan fingerprint density at radius 3 is 1.85 bits per heavy atom. The predicted octanol–water partition coefficient (Wildman–Crippen LogP) is 3.44. The zero-order chi connectivity index (χ0) is 13.8. The molecule has 0 spiro atoms. The standard InChI is InChI=1S/C18H19NO/c20-17-13-7-12-16(17)19-18(14-8-3-1-4-9-14)15-10-5-2-6-11-15/h1-6,8-11,16-17,20H,7,12-13H2. The summed E-state index contributed by atoms with van der Waals surface area (Å²) in [7, 11) is 0. The maximum Gasteiger partial charge on any atom is 0.0766 e. The van der Waals surface area contributed by atoms with Crippen molar-refractivity contribution in [3.05, 3.63) is 71.8 Å². The zero-order valence-corrected chi connectivity index (χ0v) is 11.4. The van der Waals surface area contributed by atoms with E-state index in [0.29, 0.717) is 0 Å². The molecule has 1 fully saturated rings. The van der Waals surface area contributed by atoms with Crippen LogP contribution in [-0.4, -0.2) is 23.0 Å². The molecule has 1 aliphatic rings. The van der Waals surface area contributed by atoms with E-state index in [-0.39, 0.29) is 12.1 Å². The Kier molecular flexibility index (Phi) is 3.93. The second-order valence-electron chi connectivity index (χ2n) is 5.28. The lowest BCUT2D eigenvalue weighted by Crippen LogP contribution is -2.19. The number of nitrogens with zero attached hydrogens (tertiary/aromatic N) is 1. The van der Waals surface area contributed by atoms with E-state index >= 15 is 0 Å². The Morgan fingerprint density at radius 1 is 0.850 bits per heavy atom. The lowest BCUT2D eigenvalue weighted by molar-refractivity contribution is 0.166. The van der Waals surface area contributed by atoms with Gasteiger partial charge in [-0.3, -0.25) is 4.99 Å². The van der Waals surface area contributed by atoms with Crippen molar-refractivity contribution in [1.82, 2.24) is 0 Å². The fourth-order valence-electron chi connectivity index (χ4n) is 2.75. The van der Waals surface area contributed by atoms with E-state index in [1.165, 1.54) is 0 Å². The molecule has 3 rings (SSSR count). The molecule has 1 N–H and O–H groups in total. The van der Waals surface area contributed by atoms with E-state index in [4.69, 9.17) is 4.99 Å². The average Bonchev–Trinajstić information content (AvgIpc) is 2.92. The van der Waals surface area contributed by atoms with Crippen LogP contribution in [0.3, 0.4) is 0 Å². The van der Waals surface area contributed by atoms with Crippen molar-refractivity contribution < 1.29 is 5.11 Å². The molecule has 2 aromatic rings. The Hall–Kier alpha value is -1.93. The molecule has 2 atom stereocenters. The van der Waals surface area contributed by atoms with E-state index in [0.717, 1.165) is 36.1 Å². The fraction of sp³-hybridized carbons (Fsp3) is 0.278. The Balaban J connectivity index is 2.02. The Morgan fingerprint density at radius 2 is 1.40 bits per heavy atom.